The van der Waals surface area contributed by atoms with Crippen molar-refractivity contribution in [3.8, 4) is 0 Å². The zero-order valence-electron chi connectivity index (χ0n) is 82.3. The molecule has 2 fully saturated rings. The van der Waals surface area contributed by atoms with Crippen LogP contribution in [0.2, 0.25) is 0 Å². The molecule has 9 aromatic carbocycles. The number of phosphoric ester groups is 1. The highest BCUT2D eigenvalue weighted by molar-refractivity contribution is 7.48. The summed E-state index contributed by atoms with van der Waals surface area (Å²) in [5.74, 6) is -0.969. The zero-order chi connectivity index (χ0) is 95.9. The molecule has 0 amide bonds. The summed E-state index contributed by atoms with van der Waals surface area (Å²) in [6.45, 7) is 3.60. The average molecular weight is 1910 g/mol. The second-order valence-electron chi connectivity index (χ2n) is 36.7. The Morgan fingerprint density at radius 3 is 0.812 bits per heavy atom. The number of unbranched alkanes of at least 4 members (excludes halogenated alkanes) is 28. The van der Waals surface area contributed by atoms with Crippen molar-refractivity contribution in [2.45, 2.75) is 352 Å². The van der Waals surface area contributed by atoms with Crippen molar-refractivity contribution in [2.75, 3.05) is 39.6 Å². The average Bonchev–Trinajstić information content (AvgIpc) is 0.788. The van der Waals surface area contributed by atoms with E-state index < -0.39 is 120 Å². The van der Waals surface area contributed by atoms with Gasteiger partial charge in [-0.1, -0.05) is 467 Å². The lowest BCUT2D eigenvalue weighted by Gasteiger charge is -2.46. The van der Waals surface area contributed by atoms with Gasteiger partial charge in [0.25, 0.3) is 0 Å². The molecule has 20 nitrogen and oxygen atoms in total. The second-order valence-corrected chi connectivity index (χ2v) is 38.4. The first-order valence-electron chi connectivity index (χ1n) is 51.8. The van der Waals surface area contributed by atoms with Crippen molar-refractivity contribution in [1.82, 2.24) is 0 Å². The van der Waals surface area contributed by atoms with Gasteiger partial charge in [0, 0.05) is 12.8 Å². The zero-order valence-corrected chi connectivity index (χ0v) is 83.1. The summed E-state index contributed by atoms with van der Waals surface area (Å²) in [4.78, 5) is 28.4. The quantitative estimate of drug-likeness (QED) is 0.0197. The van der Waals surface area contributed by atoms with Crippen molar-refractivity contribution in [2.24, 2.45) is 0 Å². The second kappa shape index (κ2) is 67.9. The number of hydrogen-bond acceptors (Lipinski definition) is 20. The molecule has 0 bridgehead atoms. The largest absolute Gasteiger partial charge is 0.475 e. The predicted molar refractivity (Wildman–Crippen MR) is 541 cm³/mol. The molecule has 21 heteroatoms. The minimum absolute atomic E-state index is 0.00738. The topological polar surface area (TPSA) is 208 Å². The molecule has 2 saturated heterocycles. The molecule has 9 aromatic rings. The fraction of sp³-hybridized carbons (Fsp3) is 0.521. The predicted octanol–water partition coefficient (Wildman–Crippen LogP) is 27.1. The van der Waals surface area contributed by atoms with E-state index in [4.69, 9.17) is 79.9 Å². The van der Waals surface area contributed by atoms with Crippen molar-refractivity contribution >= 4 is 19.8 Å². The van der Waals surface area contributed by atoms with Gasteiger partial charge in [-0.3, -0.25) is 23.2 Å². The molecule has 2 aliphatic rings. The minimum Gasteiger partial charge on any atom is -0.462 e. The Kier molecular flexibility index (Phi) is 54.1. The highest BCUT2D eigenvalue weighted by Crippen LogP contribution is 2.52. The Bertz CT molecular complexity index is 4370. The summed E-state index contributed by atoms with van der Waals surface area (Å²) in [5.41, 5.74) is 7.87. The van der Waals surface area contributed by atoms with Crippen LogP contribution in [0.4, 0.5) is 0 Å². The van der Waals surface area contributed by atoms with Crippen LogP contribution >= 0.6 is 7.82 Å². The van der Waals surface area contributed by atoms with E-state index in [0.717, 1.165) is 89.5 Å². The van der Waals surface area contributed by atoms with E-state index in [-0.39, 0.29) is 85.5 Å². The molecule has 11 rings (SSSR count). The van der Waals surface area contributed by atoms with Gasteiger partial charge in [-0.05, 0) is 62.9 Å². The standard InChI is InChI=1S/C117H157O20P/c1-3-5-7-9-11-13-15-17-19-21-23-25-27-29-58-78-108(118)123-89-104(134-109(119)79-59-30-28-26-24-22-20-18-16-14-12-10-8-6-4-2)92-133-138(120,132-88-103-76-56-39-57-77-103)137-105(90-130-116-114(128-86-101-72-52-37-53-73-101)112(126-84-99-68-48-35-49-69-99)110(124-82-97-64-44-33-45-65-97)106(135-116)93-121-80-95-60-40-31-41-61-95)91-131-117-115(129-87-102-74-54-38-55-75-102)113(127-85-100-70-50-36-51-71-100)111(125-83-98-66-46-34-47-67-98)107(136-117)94-122-81-96-62-42-32-43-63-96/h31-57,60-77,104-107,110-117H,3-30,58-59,78-94H2,1-2H3/t104-,105?,106?,107?,110?,111?,112?,113?,114?,115?,116?,117?,138?/m1/s1. The van der Waals surface area contributed by atoms with Crippen LogP contribution in [0.25, 0.3) is 0 Å². The molecular formula is C117H157O20P. The molecule has 0 aromatic heterocycles. The summed E-state index contributed by atoms with van der Waals surface area (Å²) >= 11 is 0. The maximum atomic E-state index is 16.8. The molecule has 0 N–H and O–H groups in total. The van der Waals surface area contributed by atoms with E-state index >= 15 is 4.57 Å². The van der Waals surface area contributed by atoms with Crippen LogP contribution in [-0.4, -0.2) is 125 Å². The minimum atomic E-state index is -5.05. The number of carbonyl (C=O) groups excluding carboxylic acids is 2. The van der Waals surface area contributed by atoms with Crippen molar-refractivity contribution < 1.29 is 94.0 Å². The molecule has 2 aliphatic heterocycles. The van der Waals surface area contributed by atoms with Crippen molar-refractivity contribution in [3.63, 3.8) is 0 Å². The fourth-order valence-corrected chi connectivity index (χ4v) is 18.7. The van der Waals surface area contributed by atoms with Gasteiger partial charge >= 0.3 is 19.8 Å². The van der Waals surface area contributed by atoms with Crippen LogP contribution in [0, 0.1) is 0 Å². The van der Waals surface area contributed by atoms with Crippen LogP contribution in [-0.2, 0) is 154 Å². The summed E-state index contributed by atoms with van der Waals surface area (Å²) in [5, 5.41) is 0. The summed E-state index contributed by atoms with van der Waals surface area (Å²) in [6, 6.07) is 88.3. The lowest BCUT2D eigenvalue weighted by molar-refractivity contribution is -0.338. The van der Waals surface area contributed by atoms with Gasteiger partial charge in [0.2, 0.25) is 0 Å². The Labute approximate surface area is 824 Å². The van der Waals surface area contributed by atoms with E-state index in [1.165, 1.54) is 135 Å². The maximum absolute atomic E-state index is 16.8. The van der Waals surface area contributed by atoms with E-state index in [1.807, 2.05) is 273 Å². The number of benzene rings is 9. The molecule has 2 heterocycles. The molecule has 0 spiro atoms. The van der Waals surface area contributed by atoms with Gasteiger partial charge in [-0.2, -0.15) is 0 Å². The van der Waals surface area contributed by atoms with Crippen molar-refractivity contribution in [1.29, 1.82) is 0 Å². The summed E-state index contributed by atoms with van der Waals surface area (Å²) in [7, 11) is -5.05. The van der Waals surface area contributed by atoms with E-state index in [2.05, 4.69) is 13.8 Å². The Hall–Kier alpha value is -8.45. The SMILES string of the molecule is CCCCCCCCCCCCCCCCCC(=O)OC[C@H](COP(=O)(OCc1ccccc1)OC(COC1OC(COCc2ccccc2)C(OCc2ccccc2)C(OCc2ccccc2)C1OCc1ccccc1)COC1OC(COCc2ccccc2)C(OCc2ccccc2)C(OCc2ccccc2)C1OCc1ccccc1)OC(=O)CCCCCCCCCCCCCCCCC. The third-order valence-corrected chi connectivity index (χ3v) is 26.7. The first kappa shape index (κ1) is 110. The lowest BCUT2D eigenvalue weighted by atomic mass is 9.97. The van der Waals surface area contributed by atoms with Crippen LogP contribution in [0.3, 0.4) is 0 Å². The number of carbonyl (C=O) groups is 2. The number of rotatable bonds is 75. The molecule has 12 atom stereocenters. The third kappa shape index (κ3) is 44.0. The molecule has 138 heavy (non-hydrogen) atoms. The summed E-state index contributed by atoms with van der Waals surface area (Å²) < 4.78 is 135. The molecule has 11 unspecified atom stereocenters. The first-order chi connectivity index (χ1) is 68.1. The van der Waals surface area contributed by atoms with E-state index in [0.29, 0.717) is 18.4 Å². The van der Waals surface area contributed by atoms with Gasteiger partial charge in [0.15, 0.2) is 18.7 Å². The third-order valence-electron chi connectivity index (χ3n) is 25.2. The van der Waals surface area contributed by atoms with Gasteiger partial charge < -0.3 is 66.3 Å². The van der Waals surface area contributed by atoms with E-state index in [9.17, 15) is 9.59 Å². The van der Waals surface area contributed by atoms with Crippen LogP contribution in [0.1, 0.15) is 269 Å². The van der Waals surface area contributed by atoms with Gasteiger partial charge in [0.1, 0.15) is 61.5 Å². The van der Waals surface area contributed by atoms with Crippen LogP contribution in [0.15, 0.2) is 273 Å². The van der Waals surface area contributed by atoms with Crippen LogP contribution < -0.4 is 0 Å². The van der Waals surface area contributed by atoms with Crippen molar-refractivity contribution in [3.05, 3.63) is 323 Å². The Morgan fingerprint density at radius 2 is 0.514 bits per heavy atom. The van der Waals surface area contributed by atoms with Gasteiger partial charge in [-0.15, -0.1) is 0 Å². The molecular weight excluding hydrogens is 1760 g/mol. The number of ether oxygens (including phenoxy) is 14. The van der Waals surface area contributed by atoms with E-state index in [1.54, 1.807) is 0 Å². The smallest absolute Gasteiger partial charge is 0.462 e. The Balaban J connectivity index is 0.924. The monoisotopic (exact) mass is 1910 g/mol. The number of hydrogen-bond donors (Lipinski definition) is 0. The van der Waals surface area contributed by atoms with Crippen LogP contribution in [0.5, 0.6) is 0 Å². The highest BCUT2D eigenvalue weighted by Gasteiger charge is 2.52. The molecule has 750 valence electrons. The van der Waals surface area contributed by atoms with Gasteiger partial charge in [0.05, 0.1) is 92.5 Å². The summed E-state index contributed by atoms with van der Waals surface area (Å²) in [6.07, 6.45) is 22.8. The molecule has 0 aliphatic carbocycles. The first-order valence-corrected chi connectivity index (χ1v) is 53.3. The fourth-order valence-electron chi connectivity index (χ4n) is 17.4. The van der Waals surface area contributed by atoms with Gasteiger partial charge in [-0.25, -0.2) is 4.57 Å². The Morgan fingerprint density at radius 1 is 0.261 bits per heavy atom. The lowest BCUT2D eigenvalue weighted by Crippen LogP contribution is -2.62. The number of esters is 2. The number of phosphoric acid groups is 1. The molecule has 0 saturated carbocycles. The normalized spacial score (nSPS) is 19.1. The maximum Gasteiger partial charge on any atom is 0.475 e. The highest BCUT2D eigenvalue weighted by atomic mass is 31.2. The molecule has 0 radical (unpaired) electrons.